The molecule has 3 aromatic carbocycles. The van der Waals surface area contributed by atoms with E-state index in [0.29, 0.717) is 24.9 Å². The van der Waals surface area contributed by atoms with E-state index in [-0.39, 0.29) is 17.8 Å². The summed E-state index contributed by atoms with van der Waals surface area (Å²) in [4.78, 5) is 27.8. The molecule has 1 heterocycles. The molecular weight excluding hydrogens is 436 g/mol. The second-order valence-corrected chi connectivity index (χ2v) is 8.68. The summed E-state index contributed by atoms with van der Waals surface area (Å²) >= 11 is 0. The van der Waals surface area contributed by atoms with Gasteiger partial charge < -0.3 is 10.6 Å². The molecule has 6 heteroatoms. The normalized spacial score (nSPS) is 16.9. The van der Waals surface area contributed by atoms with Crippen LogP contribution in [0.2, 0.25) is 0 Å². The lowest BCUT2D eigenvalue weighted by molar-refractivity contribution is -0.129. The largest absolute Gasteiger partial charge is 0.334 e. The lowest BCUT2D eigenvalue weighted by Crippen LogP contribution is -2.45. The Labute approximate surface area is 204 Å². The fraction of sp³-hybridized carbons (Fsp3) is 0.138. The van der Waals surface area contributed by atoms with E-state index >= 15 is 0 Å². The Balaban J connectivity index is 1.36. The summed E-state index contributed by atoms with van der Waals surface area (Å²) in [5, 5.41) is 14.8. The number of amides is 2. The van der Waals surface area contributed by atoms with Gasteiger partial charge in [-0.3, -0.25) is 19.9 Å². The zero-order valence-corrected chi connectivity index (χ0v) is 19.2. The molecule has 0 radical (unpaired) electrons. The third-order valence-corrected chi connectivity index (χ3v) is 6.46. The van der Waals surface area contributed by atoms with Crippen molar-refractivity contribution in [3.63, 3.8) is 0 Å². The fourth-order valence-electron chi connectivity index (χ4n) is 4.61. The van der Waals surface area contributed by atoms with Crippen LogP contribution in [0.5, 0.6) is 0 Å². The van der Waals surface area contributed by atoms with Gasteiger partial charge >= 0.3 is 0 Å². The molecule has 5 rings (SSSR count). The van der Waals surface area contributed by atoms with Crippen LogP contribution in [0.3, 0.4) is 0 Å². The van der Waals surface area contributed by atoms with Gasteiger partial charge in [0.15, 0.2) is 11.5 Å². The lowest BCUT2D eigenvalue weighted by Gasteiger charge is -2.28. The molecule has 2 amide bonds. The van der Waals surface area contributed by atoms with E-state index < -0.39 is 5.54 Å². The average Bonchev–Trinajstić information content (AvgIpc) is 3.17. The van der Waals surface area contributed by atoms with Crippen LogP contribution in [0.15, 0.2) is 114 Å². The van der Waals surface area contributed by atoms with Gasteiger partial charge in [0.2, 0.25) is 0 Å². The summed E-state index contributed by atoms with van der Waals surface area (Å²) < 4.78 is 0. The Morgan fingerprint density at radius 3 is 1.97 bits per heavy atom. The van der Waals surface area contributed by atoms with Gasteiger partial charge in [0.05, 0.1) is 6.54 Å². The van der Waals surface area contributed by atoms with Crippen molar-refractivity contribution in [1.29, 1.82) is 5.41 Å². The molecule has 1 aliphatic heterocycles. The summed E-state index contributed by atoms with van der Waals surface area (Å²) in [5.74, 6) is -0.228. The SMILES string of the molecule is N=C1NC(c2ccccc2)(c2ccccc2)C(=O)N1CC1=CC=C(NC(=O)c2ccccc2)CC1. The molecule has 174 valence electrons. The van der Waals surface area contributed by atoms with E-state index in [9.17, 15) is 9.59 Å². The summed E-state index contributed by atoms with van der Waals surface area (Å²) in [7, 11) is 0. The number of guanidine groups is 1. The Morgan fingerprint density at radius 2 is 1.43 bits per heavy atom. The number of benzene rings is 3. The molecule has 0 bridgehead atoms. The van der Waals surface area contributed by atoms with E-state index in [1.165, 1.54) is 4.90 Å². The molecule has 0 atom stereocenters. The zero-order chi connectivity index (χ0) is 24.3. The molecule has 0 spiro atoms. The van der Waals surface area contributed by atoms with Crippen molar-refractivity contribution < 1.29 is 9.59 Å². The minimum absolute atomic E-state index is 0.0794. The fourth-order valence-corrected chi connectivity index (χ4v) is 4.61. The molecule has 0 saturated carbocycles. The van der Waals surface area contributed by atoms with Crippen LogP contribution in [0, 0.1) is 5.41 Å². The Kier molecular flexibility index (Phi) is 6.02. The minimum Gasteiger partial charge on any atom is -0.334 e. The first kappa shape index (κ1) is 22.3. The van der Waals surface area contributed by atoms with Crippen LogP contribution in [0.25, 0.3) is 0 Å². The van der Waals surface area contributed by atoms with E-state index in [1.807, 2.05) is 91.0 Å². The van der Waals surface area contributed by atoms with Crippen LogP contribution < -0.4 is 10.6 Å². The third kappa shape index (κ3) is 4.26. The third-order valence-electron chi connectivity index (χ3n) is 6.46. The van der Waals surface area contributed by atoms with Gasteiger partial charge in [-0.25, -0.2) is 0 Å². The second-order valence-electron chi connectivity index (χ2n) is 8.68. The highest BCUT2D eigenvalue weighted by Crippen LogP contribution is 2.36. The number of carbonyl (C=O) groups is 2. The molecule has 6 nitrogen and oxygen atoms in total. The first-order valence-corrected chi connectivity index (χ1v) is 11.6. The molecule has 3 N–H and O–H groups in total. The molecule has 35 heavy (non-hydrogen) atoms. The predicted molar refractivity (Wildman–Crippen MR) is 136 cm³/mol. The number of allylic oxidation sites excluding steroid dienone is 3. The zero-order valence-electron chi connectivity index (χ0n) is 19.2. The maximum Gasteiger partial charge on any atom is 0.264 e. The van der Waals surface area contributed by atoms with Gasteiger partial charge in [0.1, 0.15) is 0 Å². The molecule has 2 aliphatic rings. The predicted octanol–water partition coefficient (Wildman–Crippen LogP) is 4.33. The highest BCUT2D eigenvalue weighted by atomic mass is 16.2. The summed E-state index contributed by atoms with van der Waals surface area (Å²) in [6, 6.07) is 28.2. The maximum atomic E-state index is 13.9. The highest BCUT2D eigenvalue weighted by molar-refractivity contribution is 6.10. The van der Waals surface area contributed by atoms with Crippen molar-refractivity contribution >= 4 is 17.8 Å². The number of nitrogens with zero attached hydrogens (tertiary/aromatic N) is 1. The van der Waals surface area contributed by atoms with Crippen molar-refractivity contribution in [2.24, 2.45) is 0 Å². The van der Waals surface area contributed by atoms with Gasteiger partial charge in [0.25, 0.3) is 11.8 Å². The molecule has 0 aromatic heterocycles. The number of rotatable bonds is 6. The van der Waals surface area contributed by atoms with E-state index in [0.717, 1.165) is 22.4 Å². The smallest absolute Gasteiger partial charge is 0.264 e. The van der Waals surface area contributed by atoms with E-state index in [2.05, 4.69) is 10.6 Å². The molecule has 1 saturated heterocycles. The molecule has 1 aliphatic carbocycles. The van der Waals surface area contributed by atoms with Crippen molar-refractivity contribution in [1.82, 2.24) is 15.5 Å². The van der Waals surface area contributed by atoms with Crippen molar-refractivity contribution in [2.45, 2.75) is 18.4 Å². The van der Waals surface area contributed by atoms with Gasteiger partial charge in [-0.1, -0.05) is 84.9 Å². The van der Waals surface area contributed by atoms with Gasteiger partial charge in [-0.2, -0.15) is 0 Å². The minimum atomic E-state index is -1.14. The van der Waals surface area contributed by atoms with Gasteiger partial charge in [0, 0.05) is 11.3 Å². The highest BCUT2D eigenvalue weighted by Gasteiger charge is 2.52. The van der Waals surface area contributed by atoms with Crippen molar-refractivity contribution in [3.05, 3.63) is 131 Å². The Morgan fingerprint density at radius 1 is 0.857 bits per heavy atom. The molecule has 1 fully saturated rings. The summed E-state index contributed by atoms with van der Waals surface area (Å²) in [5.41, 5.74) is 2.94. The van der Waals surface area contributed by atoms with Crippen LogP contribution >= 0.6 is 0 Å². The van der Waals surface area contributed by atoms with Crippen LogP contribution in [-0.2, 0) is 10.3 Å². The van der Waals surface area contributed by atoms with Crippen LogP contribution in [0.1, 0.15) is 34.3 Å². The Hall–Kier alpha value is -4.45. The quantitative estimate of drug-likeness (QED) is 0.510. The standard InChI is InChI=1S/C29H26N4O2/c30-28-32-29(23-12-6-2-7-13-23,24-14-8-3-9-15-24)27(35)33(28)20-21-16-18-25(19-17-21)31-26(34)22-10-4-1-5-11-22/h1-16,18H,17,19-20H2,(H2,30,32)(H,31,34). The monoisotopic (exact) mass is 462 g/mol. The Bertz CT molecular complexity index is 1280. The number of hydrogen-bond acceptors (Lipinski definition) is 3. The lowest BCUT2D eigenvalue weighted by atomic mass is 9.82. The molecular formula is C29H26N4O2. The number of carbonyl (C=O) groups excluding carboxylic acids is 2. The first-order chi connectivity index (χ1) is 17.1. The summed E-state index contributed by atoms with van der Waals surface area (Å²) in [6.07, 6.45) is 5.19. The van der Waals surface area contributed by atoms with E-state index in [4.69, 9.17) is 5.41 Å². The van der Waals surface area contributed by atoms with Crippen LogP contribution in [0.4, 0.5) is 0 Å². The average molecular weight is 463 g/mol. The number of hydrogen-bond donors (Lipinski definition) is 3. The number of nitrogens with one attached hydrogen (secondary N) is 3. The van der Waals surface area contributed by atoms with E-state index in [1.54, 1.807) is 12.1 Å². The topological polar surface area (TPSA) is 85.3 Å². The van der Waals surface area contributed by atoms with Gasteiger partial charge in [-0.15, -0.1) is 0 Å². The van der Waals surface area contributed by atoms with Crippen LogP contribution in [-0.4, -0.2) is 29.2 Å². The van der Waals surface area contributed by atoms with Gasteiger partial charge in [-0.05, 0) is 47.8 Å². The molecule has 3 aromatic rings. The van der Waals surface area contributed by atoms with Crippen molar-refractivity contribution in [2.75, 3.05) is 6.54 Å². The first-order valence-electron chi connectivity index (χ1n) is 11.6. The summed E-state index contributed by atoms with van der Waals surface area (Å²) in [6.45, 7) is 0.322. The second kappa shape index (κ2) is 9.43. The molecule has 0 unspecified atom stereocenters. The maximum absolute atomic E-state index is 13.9. The van der Waals surface area contributed by atoms with Crippen molar-refractivity contribution in [3.8, 4) is 0 Å².